The van der Waals surface area contributed by atoms with E-state index in [1.165, 1.54) is 0 Å². The molecule has 0 saturated heterocycles. The zero-order valence-electron chi connectivity index (χ0n) is 10.6. The van der Waals surface area contributed by atoms with Crippen LogP contribution < -0.4 is 4.57 Å². The number of aromatic nitrogens is 2. The summed E-state index contributed by atoms with van der Waals surface area (Å²) < 4.78 is 8.97. The van der Waals surface area contributed by atoms with E-state index < -0.39 is 0 Å². The van der Waals surface area contributed by atoms with E-state index >= 15 is 0 Å². The number of aryl methyl sites for hydroxylation is 1. The van der Waals surface area contributed by atoms with E-state index in [-0.39, 0.29) is 0 Å². The Bertz CT molecular complexity index is 688. The van der Waals surface area contributed by atoms with Crippen LogP contribution in [0, 0.1) is 0 Å². The van der Waals surface area contributed by atoms with Gasteiger partial charge in [-0.3, -0.25) is 0 Å². The predicted octanol–water partition coefficient (Wildman–Crippen LogP) is 3.95. The van der Waals surface area contributed by atoms with Gasteiger partial charge in [-0.1, -0.05) is 19.1 Å². The molecule has 1 aromatic carbocycles. The Morgan fingerprint density at radius 1 is 1.26 bits per heavy atom. The minimum absolute atomic E-state index is 0.660. The molecule has 2 aromatic heterocycles. The summed E-state index contributed by atoms with van der Waals surface area (Å²) in [6.07, 6.45) is 5.22. The highest BCUT2D eigenvalue weighted by Crippen LogP contribution is 2.24. The molecule has 19 heavy (non-hydrogen) atoms. The fourth-order valence-corrected chi connectivity index (χ4v) is 2.61. The molecule has 0 N–H and O–H groups in total. The summed E-state index contributed by atoms with van der Waals surface area (Å²) in [4.78, 5) is 4.52. The van der Waals surface area contributed by atoms with Crippen molar-refractivity contribution in [2.24, 2.45) is 0 Å². The minimum atomic E-state index is 0.660. The van der Waals surface area contributed by atoms with Gasteiger partial charge in [-0.15, -0.1) is 0 Å². The molecule has 0 bridgehead atoms. The van der Waals surface area contributed by atoms with E-state index in [1.54, 1.807) is 0 Å². The molecule has 0 unspecified atom stereocenters. The quantitative estimate of drug-likeness (QED) is 0.684. The SMILES string of the molecule is CCC[n+]1cc(Br)cc(-c2nc3ccccc3o2)c1. The monoisotopic (exact) mass is 317 g/mol. The highest BCUT2D eigenvalue weighted by molar-refractivity contribution is 9.10. The first kappa shape index (κ1) is 12.4. The van der Waals surface area contributed by atoms with Gasteiger partial charge in [0.2, 0.25) is 5.89 Å². The lowest BCUT2D eigenvalue weighted by Gasteiger charge is -1.98. The van der Waals surface area contributed by atoms with Crippen LogP contribution in [-0.2, 0) is 6.54 Å². The number of fused-ring (bicyclic) bond motifs is 1. The highest BCUT2D eigenvalue weighted by atomic mass is 79.9. The number of oxazole rings is 1. The fraction of sp³-hybridized carbons (Fsp3) is 0.200. The Kier molecular flexibility index (Phi) is 3.34. The van der Waals surface area contributed by atoms with Gasteiger partial charge in [0.25, 0.3) is 0 Å². The second kappa shape index (κ2) is 5.13. The summed E-state index contributed by atoms with van der Waals surface area (Å²) >= 11 is 3.53. The van der Waals surface area contributed by atoms with Crippen molar-refractivity contribution in [2.45, 2.75) is 19.9 Å². The molecule has 0 fully saturated rings. The van der Waals surface area contributed by atoms with Gasteiger partial charge in [0.1, 0.15) is 17.6 Å². The van der Waals surface area contributed by atoms with Gasteiger partial charge < -0.3 is 4.42 Å². The number of pyridine rings is 1. The van der Waals surface area contributed by atoms with E-state index in [9.17, 15) is 0 Å². The van der Waals surface area contributed by atoms with Crippen LogP contribution in [0.5, 0.6) is 0 Å². The van der Waals surface area contributed by atoms with Crippen molar-refractivity contribution in [1.82, 2.24) is 4.98 Å². The molecule has 3 nitrogen and oxygen atoms in total. The third-order valence-electron chi connectivity index (χ3n) is 2.91. The molecule has 0 spiro atoms. The van der Waals surface area contributed by atoms with Gasteiger partial charge in [0.15, 0.2) is 18.0 Å². The normalized spacial score (nSPS) is 11.1. The van der Waals surface area contributed by atoms with Crippen molar-refractivity contribution in [3.8, 4) is 11.5 Å². The van der Waals surface area contributed by atoms with Gasteiger partial charge in [-0.2, -0.15) is 0 Å². The molecule has 0 aliphatic heterocycles. The van der Waals surface area contributed by atoms with Gasteiger partial charge in [-0.05, 0) is 34.1 Å². The Balaban J connectivity index is 2.09. The van der Waals surface area contributed by atoms with Crippen LogP contribution in [0.3, 0.4) is 0 Å². The van der Waals surface area contributed by atoms with Crippen molar-refractivity contribution >= 4 is 27.0 Å². The molecule has 0 atom stereocenters. The highest BCUT2D eigenvalue weighted by Gasteiger charge is 2.13. The molecule has 0 amide bonds. The molecule has 3 rings (SSSR count). The van der Waals surface area contributed by atoms with Crippen LogP contribution in [0.25, 0.3) is 22.6 Å². The molecule has 0 saturated carbocycles. The lowest BCUT2D eigenvalue weighted by Crippen LogP contribution is -2.32. The van der Waals surface area contributed by atoms with E-state index in [2.05, 4.69) is 44.8 Å². The van der Waals surface area contributed by atoms with Crippen LogP contribution in [-0.4, -0.2) is 4.98 Å². The molecule has 3 aromatic rings. The van der Waals surface area contributed by atoms with Gasteiger partial charge in [0.05, 0.1) is 4.47 Å². The van der Waals surface area contributed by atoms with Gasteiger partial charge >= 0.3 is 0 Å². The number of para-hydroxylation sites is 2. The summed E-state index contributed by atoms with van der Waals surface area (Å²) in [7, 11) is 0. The minimum Gasteiger partial charge on any atom is -0.436 e. The lowest BCUT2D eigenvalue weighted by molar-refractivity contribution is -0.697. The Labute approximate surface area is 120 Å². The van der Waals surface area contributed by atoms with Crippen LogP contribution in [0.2, 0.25) is 0 Å². The Morgan fingerprint density at radius 2 is 2.11 bits per heavy atom. The zero-order chi connectivity index (χ0) is 13.2. The number of rotatable bonds is 3. The van der Waals surface area contributed by atoms with E-state index in [1.807, 2.05) is 30.3 Å². The van der Waals surface area contributed by atoms with Crippen LogP contribution in [0.15, 0.2) is 51.6 Å². The third kappa shape index (κ3) is 2.54. The number of nitrogens with zero attached hydrogens (tertiary/aromatic N) is 2. The summed E-state index contributed by atoms with van der Waals surface area (Å²) in [5, 5.41) is 0. The fourth-order valence-electron chi connectivity index (χ4n) is 2.10. The standard InChI is InChI=1S/C15H14BrN2O/c1-2-7-18-9-11(8-12(16)10-18)15-17-13-5-3-4-6-14(13)19-15/h3-6,8-10H,2,7H2,1H3/q+1. The van der Waals surface area contributed by atoms with E-state index in [0.29, 0.717) is 5.89 Å². The topological polar surface area (TPSA) is 29.9 Å². The van der Waals surface area contributed by atoms with Crippen LogP contribution >= 0.6 is 15.9 Å². The second-order valence-electron chi connectivity index (χ2n) is 4.47. The largest absolute Gasteiger partial charge is 0.436 e. The van der Waals surface area contributed by atoms with E-state index in [0.717, 1.165) is 34.1 Å². The molecule has 2 heterocycles. The number of hydrogen-bond donors (Lipinski definition) is 0. The average molecular weight is 318 g/mol. The van der Waals surface area contributed by atoms with E-state index in [4.69, 9.17) is 4.42 Å². The van der Waals surface area contributed by atoms with Crippen molar-refractivity contribution in [3.63, 3.8) is 0 Å². The lowest BCUT2D eigenvalue weighted by atomic mass is 10.3. The molecule has 0 radical (unpaired) electrons. The maximum atomic E-state index is 5.80. The number of benzene rings is 1. The molecule has 0 aliphatic carbocycles. The molecular weight excluding hydrogens is 304 g/mol. The molecule has 96 valence electrons. The summed E-state index contributed by atoms with van der Waals surface area (Å²) in [5.41, 5.74) is 2.69. The number of hydrogen-bond acceptors (Lipinski definition) is 2. The summed E-state index contributed by atoms with van der Waals surface area (Å²) in [6, 6.07) is 9.84. The summed E-state index contributed by atoms with van der Waals surface area (Å²) in [5.74, 6) is 0.660. The second-order valence-corrected chi connectivity index (χ2v) is 5.38. The maximum Gasteiger partial charge on any atom is 0.233 e. The van der Waals surface area contributed by atoms with Crippen LogP contribution in [0.4, 0.5) is 0 Å². The predicted molar refractivity (Wildman–Crippen MR) is 77.6 cm³/mol. The third-order valence-corrected chi connectivity index (χ3v) is 3.34. The maximum absolute atomic E-state index is 5.80. The van der Waals surface area contributed by atoms with Crippen molar-refractivity contribution in [2.75, 3.05) is 0 Å². The first-order chi connectivity index (χ1) is 9.26. The Morgan fingerprint density at radius 3 is 2.89 bits per heavy atom. The first-order valence-corrected chi connectivity index (χ1v) is 7.11. The van der Waals surface area contributed by atoms with Gasteiger partial charge in [0, 0.05) is 6.42 Å². The molecule has 0 aliphatic rings. The van der Waals surface area contributed by atoms with Crippen molar-refractivity contribution in [3.05, 3.63) is 47.2 Å². The molecular formula is C15H14BrN2O+. The smallest absolute Gasteiger partial charge is 0.233 e. The van der Waals surface area contributed by atoms with Gasteiger partial charge in [-0.25, -0.2) is 9.55 Å². The number of halogens is 1. The average Bonchev–Trinajstić information content (AvgIpc) is 2.82. The summed E-state index contributed by atoms with van der Waals surface area (Å²) in [6.45, 7) is 3.14. The van der Waals surface area contributed by atoms with Crippen LogP contribution in [0.1, 0.15) is 13.3 Å². The first-order valence-electron chi connectivity index (χ1n) is 6.32. The van der Waals surface area contributed by atoms with Crippen molar-refractivity contribution < 1.29 is 8.98 Å². The van der Waals surface area contributed by atoms with Crippen molar-refractivity contribution in [1.29, 1.82) is 0 Å². The molecule has 4 heteroatoms. The Hall–Kier alpha value is -1.68. The zero-order valence-corrected chi connectivity index (χ0v) is 12.2.